The normalized spacial score (nSPS) is 34.7. The fourth-order valence-electron chi connectivity index (χ4n) is 12.4. The van der Waals surface area contributed by atoms with Gasteiger partial charge in [0.15, 0.2) is 0 Å². The van der Waals surface area contributed by atoms with Crippen molar-refractivity contribution in [1.82, 2.24) is 0 Å². The standard InChI is InChI=1S/C24H38F6O3.C24H36F6O3/c2*1-19(2,32)11-6-12-20(3,13-7-15-22(33,23(25,26)27)24(28,29)30)18-10-9-16-17(31)8-5-14-21(16,18)4/h7,15-18,31-33H,5-6,8-14H2,1-4H3;16-18,31-33H,5-6,8-14H2,1-4H3/b15-7+;/t2*16?,17-,18+,20?,21-/m00/s1/i2*1D3,2D3. The van der Waals surface area contributed by atoms with E-state index in [4.69, 9.17) is 16.4 Å². The zero-order valence-electron chi connectivity index (χ0n) is 49.6. The SMILES string of the molecule is [2H]C([2H])([2H])C(O)(CCCC(C)(C/C=C/C(O)(C(F)(F)F)C(F)(F)F)[C@H]1CCC2[C@@H](O)CCC[C@@]21C)C([2H])([2H])[2H].[2H]C([2H])([2H])C(O)(CCCC(C)(CC#CC(O)(C(F)(F)F)C(F)(F)F)[C@H]1CCC2[C@@H](O)CCC[C@@]21C)C([2H])([2H])[2H]. The van der Waals surface area contributed by atoms with E-state index in [1.807, 2.05) is 19.8 Å². The number of aliphatic hydroxyl groups excluding tert-OH is 2. The highest BCUT2D eigenvalue weighted by molar-refractivity contribution is 5.22. The van der Waals surface area contributed by atoms with Gasteiger partial charge in [0, 0.05) is 22.9 Å². The zero-order chi connectivity index (χ0) is 61.0. The molecule has 0 spiro atoms. The van der Waals surface area contributed by atoms with E-state index >= 15 is 0 Å². The summed E-state index contributed by atoms with van der Waals surface area (Å²) in [5.41, 5.74) is -19.8. The van der Waals surface area contributed by atoms with Gasteiger partial charge < -0.3 is 30.6 Å². The van der Waals surface area contributed by atoms with Gasteiger partial charge in [0.1, 0.15) is 0 Å². The van der Waals surface area contributed by atoms with Crippen molar-refractivity contribution in [1.29, 1.82) is 0 Å². The van der Waals surface area contributed by atoms with E-state index in [-0.39, 0.29) is 61.9 Å². The molecule has 4 rings (SSSR count). The number of hydrogen-bond donors (Lipinski definition) is 6. The van der Waals surface area contributed by atoms with Crippen LogP contribution in [0.1, 0.15) is 187 Å². The lowest BCUT2D eigenvalue weighted by molar-refractivity contribution is -0.347. The molecule has 10 atom stereocenters. The van der Waals surface area contributed by atoms with Crippen LogP contribution in [0.4, 0.5) is 52.7 Å². The van der Waals surface area contributed by atoms with Crippen molar-refractivity contribution in [3.8, 4) is 11.8 Å². The fourth-order valence-corrected chi connectivity index (χ4v) is 12.4. The highest BCUT2D eigenvalue weighted by atomic mass is 19.4. The molecule has 0 aromatic rings. The third kappa shape index (κ3) is 12.9. The molecular formula is C48H74F12O6. The molecule has 4 fully saturated rings. The third-order valence-corrected chi connectivity index (χ3v) is 15.8. The number of allylic oxidation sites excluding steroid dienone is 1. The van der Waals surface area contributed by atoms with Crippen LogP contribution in [-0.4, -0.2) is 90.0 Å². The molecule has 386 valence electrons. The topological polar surface area (TPSA) is 121 Å². The molecule has 0 aromatic carbocycles. The Hall–Kier alpha value is -1.78. The van der Waals surface area contributed by atoms with Crippen molar-refractivity contribution in [2.75, 3.05) is 0 Å². The molecule has 0 saturated heterocycles. The first kappa shape index (κ1) is 42.0. The molecule has 4 saturated carbocycles. The monoisotopic (exact) mass is 987 g/mol. The predicted octanol–water partition coefficient (Wildman–Crippen LogP) is 12.1. The maximum absolute atomic E-state index is 13.2. The number of fused-ring (bicyclic) bond motifs is 2. The number of halogens is 12. The van der Waals surface area contributed by atoms with E-state index in [1.165, 1.54) is 0 Å². The highest BCUT2D eigenvalue weighted by Crippen LogP contribution is 2.64. The van der Waals surface area contributed by atoms with Gasteiger partial charge in [-0.25, -0.2) is 0 Å². The van der Waals surface area contributed by atoms with Crippen LogP contribution in [0.2, 0.25) is 0 Å². The summed E-state index contributed by atoms with van der Waals surface area (Å²) in [7, 11) is 0. The van der Waals surface area contributed by atoms with E-state index in [0.29, 0.717) is 70.3 Å². The minimum Gasteiger partial charge on any atom is -0.393 e. The molecule has 0 bridgehead atoms. The Morgan fingerprint density at radius 1 is 0.576 bits per heavy atom. The number of hydrogen-bond acceptors (Lipinski definition) is 6. The molecule has 0 radical (unpaired) electrons. The summed E-state index contributed by atoms with van der Waals surface area (Å²) < 4.78 is 249. The molecule has 66 heavy (non-hydrogen) atoms. The molecule has 4 aliphatic rings. The lowest BCUT2D eigenvalue weighted by atomic mass is 9.56. The third-order valence-electron chi connectivity index (χ3n) is 15.8. The molecule has 0 aliphatic heterocycles. The van der Waals surface area contributed by atoms with Crippen molar-refractivity contribution >= 4 is 0 Å². The summed E-state index contributed by atoms with van der Waals surface area (Å²) in [5.74, 6) is 1.86. The Balaban J connectivity index is 0.000000410. The first-order valence-corrected chi connectivity index (χ1v) is 22.2. The molecular weight excluding hydrogens is 900 g/mol. The van der Waals surface area contributed by atoms with Crippen molar-refractivity contribution in [2.24, 2.45) is 45.3 Å². The highest BCUT2D eigenvalue weighted by Gasteiger charge is 2.71. The average Bonchev–Trinajstić information content (AvgIpc) is 3.79. The van der Waals surface area contributed by atoms with Gasteiger partial charge in [0.2, 0.25) is 0 Å². The molecule has 6 N–H and O–H groups in total. The van der Waals surface area contributed by atoms with Gasteiger partial charge in [0.05, 0.1) is 23.4 Å². The maximum atomic E-state index is 13.2. The van der Waals surface area contributed by atoms with Crippen LogP contribution in [0.5, 0.6) is 0 Å². The Morgan fingerprint density at radius 3 is 1.35 bits per heavy atom. The second-order valence-electron chi connectivity index (χ2n) is 20.7. The van der Waals surface area contributed by atoms with Crippen LogP contribution < -0.4 is 0 Å². The smallest absolute Gasteiger partial charge is 0.393 e. The molecule has 18 heteroatoms. The van der Waals surface area contributed by atoms with E-state index < -0.39 is 128 Å². The first-order valence-electron chi connectivity index (χ1n) is 28.2. The van der Waals surface area contributed by atoms with Crippen LogP contribution in [0.15, 0.2) is 12.2 Å². The van der Waals surface area contributed by atoms with Crippen LogP contribution >= 0.6 is 0 Å². The summed E-state index contributed by atoms with van der Waals surface area (Å²) in [4.78, 5) is 0. The largest absolute Gasteiger partial charge is 0.438 e. The second kappa shape index (κ2) is 20.1. The molecule has 0 aromatic heterocycles. The predicted molar refractivity (Wildman–Crippen MR) is 225 cm³/mol. The second-order valence-corrected chi connectivity index (χ2v) is 20.7. The summed E-state index contributed by atoms with van der Waals surface area (Å²) in [5, 5.41) is 61.4. The van der Waals surface area contributed by atoms with Gasteiger partial charge in [-0.3, -0.25) is 0 Å². The lowest BCUT2D eigenvalue weighted by Crippen LogP contribution is -2.55. The first-order chi connectivity index (χ1) is 34.5. The van der Waals surface area contributed by atoms with Gasteiger partial charge in [0.25, 0.3) is 5.60 Å². The van der Waals surface area contributed by atoms with Crippen LogP contribution in [0.25, 0.3) is 0 Å². The van der Waals surface area contributed by atoms with E-state index in [1.54, 1.807) is 13.8 Å². The van der Waals surface area contributed by atoms with Gasteiger partial charge in [-0.05, 0) is 168 Å². The summed E-state index contributed by atoms with van der Waals surface area (Å²) in [6, 6.07) is 0. The summed E-state index contributed by atoms with van der Waals surface area (Å²) >= 11 is 0. The van der Waals surface area contributed by atoms with Crippen molar-refractivity contribution < 1.29 is 99.8 Å². The average molecular weight is 987 g/mol. The minimum atomic E-state index is -6.12. The Labute approximate surface area is 399 Å². The van der Waals surface area contributed by atoms with Gasteiger partial charge in [-0.15, -0.1) is 0 Å². The lowest BCUT2D eigenvalue weighted by Gasteiger charge is -2.50. The van der Waals surface area contributed by atoms with Crippen LogP contribution in [0, 0.1) is 57.2 Å². The van der Waals surface area contributed by atoms with E-state index in [9.17, 15) is 83.3 Å². The number of rotatable bonds is 14. The Bertz CT molecular complexity index is 2060. The zero-order valence-corrected chi connectivity index (χ0v) is 37.6. The van der Waals surface area contributed by atoms with E-state index in [0.717, 1.165) is 5.92 Å². The molecule has 4 aliphatic carbocycles. The number of alkyl halides is 12. The Morgan fingerprint density at radius 2 is 0.970 bits per heavy atom. The molecule has 4 unspecified atom stereocenters. The molecule has 0 heterocycles. The number of aliphatic hydroxyl groups is 6. The Kier molecular flexibility index (Phi) is 12.8. The van der Waals surface area contributed by atoms with Crippen LogP contribution in [-0.2, 0) is 0 Å². The molecule has 0 amide bonds. The van der Waals surface area contributed by atoms with Crippen molar-refractivity contribution in [3.63, 3.8) is 0 Å². The van der Waals surface area contributed by atoms with E-state index in [2.05, 4.69) is 0 Å². The van der Waals surface area contributed by atoms with Crippen LogP contribution in [0.3, 0.4) is 0 Å². The summed E-state index contributed by atoms with van der Waals surface area (Å²) in [6.07, 6.45) is -22.4. The van der Waals surface area contributed by atoms with Gasteiger partial charge >= 0.3 is 30.3 Å². The van der Waals surface area contributed by atoms with Crippen molar-refractivity contribution in [2.45, 2.75) is 230 Å². The summed E-state index contributed by atoms with van der Waals surface area (Å²) in [6.45, 7) is -6.12. The maximum Gasteiger partial charge on any atom is 0.438 e. The minimum absolute atomic E-state index is 0.0225. The fraction of sp³-hybridized carbons (Fsp3) is 0.917. The molecule has 6 nitrogen and oxygen atoms in total. The van der Waals surface area contributed by atoms with Crippen molar-refractivity contribution in [3.05, 3.63) is 12.2 Å². The quantitative estimate of drug-likeness (QED) is 0.0586. The van der Waals surface area contributed by atoms with Gasteiger partial charge in [-0.2, -0.15) is 52.7 Å². The van der Waals surface area contributed by atoms with Gasteiger partial charge in [-0.1, -0.05) is 65.4 Å².